The fourth-order valence-corrected chi connectivity index (χ4v) is 12.0. The molecule has 30 heteroatoms. The summed E-state index contributed by atoms with van der Waals surface area (Å²) < 4.78 is 5.96. The fraction of sp³-hybridized carbons (Fsp3) is 0.707. The molecule has 0 radical (unpaired) electrons. The third kappa shape index (κ3) is 27.4. The first kappa shape index (κ1) is 90.7. The summed E-state index contributed by atoms with van der Waals surface area (Å²) in [7, 11) is 0. The molecule has 17 atom stereocenters. The van der Waals surface area contributed by atoms with Gasteiger partial charge in [-0.05, 0) is 112 Å². The fourth-order valence-electron chi connectivity index (χ4n) is 12.0. The molecule has 1 aromatic rings. The van der Waals surface area contributed by atoms with Gasteiger partial charge in [-0.25, -0.2) is 4.79 Å². The maximum atomic E-state index is 15.0. The molecular formula is C75H124N14O16. The smallest absolute Gasteiger partial charge is 0.329 e. The molecule has 2 fully saturated rings. The third-order valence-electron chi connectivity index (χ3n) is 19.6. The highest BCUT2D eigenvalue weighted by Gasteiger charge is 2.44. The Hall–Kier alpha value is -8.54. The lowest BCUT2D eigenvalue weighted by Gasteiger charge is -2.33. The van der Waals surface area contributed by atoms with Crippen molar-refractivity contribution in [2.45, 2.75) is 280 Å². The Bertz CT molecular complexity index is 3160. The molecule has 0 spiro atoms. The molecule has 0 unspecified atom stereocenters. The Morgan fingerprint density at radius 2 is 1.15 bits per heavy atom. The molecule has 13 amide bonds. The summed E-state index contributed by atoms with van der Waals surface area (Å²) in [6, 6.07) is -7.67. The van der Waals surface area contributed by atoms with Gasteiger partial charge in [0.15, 0.2) is 0 Å². The first-order valence-electron chi connectivity index (χ1n) is 37.5. The van der Waals surface area contributed by atoms with E-state index in [1.165, 1.54) is 31.7 Å². The number of nitrogens with zero attached hydrogens (tertiary/aromatic N) is 1. The monoisotopic (exact) mass is 1480 g/mol. The average molecular weight is 1480 g/mol. The minimum absolute atomic E-state index is 0.0355. The van der Waals surface area contributed by atoms with Crippen LogP contribution in [0.1, 0.15) is 195 Å². The maximum absolute atomic E-state index is 15.0. The lowest BCUT2D eigenvalue weighted by atomic mass is 9.95. The first-order chi connectivity index (χ1) is 49.3. The van der Waals surface area contributed by atoms with E-state index in [4.69, 9.17) is 10.5 Å². The molecule has 2 saturated heterocycles. The number of nitrogens with two attached hydrogens (primary N) is 1. The average Bonchev–Trinajstić information content (AvgIpc) is 1.80. The number of hydrogen-bond acceptors (Lipinski definition) is 17. The van der Waals surface area contributed by atoms with Gasteiger partial charge in [0.05, 0.1) is 6.10 Å². The Morgan fingerprint density at radius 1 is 0.610 bits per heavy atom. The van der Waals surface area contributed by atoms with Gasteiger partial charge in [0.2, 0.25) is 70.9 Å². The lowest BCUT2D eigenvalue weighted by Crippen LogP contribution is -2.64. The number of aliphatic hydroxyl groups excluding tert-OH is 1. The zero-order valence-corrected chi connectivity index (χ0v) is 65.2. The van der Waals surface area contributed by atoms with E-state index < -0.39 is 203 Å². The van der Waals surface area contributed by atoms with Crippen molar-refractivity contribution in [2.75, 3.05) is 13.1 Å². The van der Waals surface area contributed by atoms with Crippen molar-refractivity contribution in [3.05, 3.63) is 47.7 Å². The molecule has 3 rings (SSSR count). The Balaban J connectivity index is 2.00. The number of nitrogens with one attached hydrogen (secondary N) is 12. The quantitative estimate of drug-likeness (QED) is 0.0353. The van der Waals surface area contributed by atoms with Crippen LogP contribution in [-0.2, 0) is 78.3 Å². The summed E-state index contributed by atoms with van der Waals surface area (Å²) in [5.41, 5.74) is 6.34. The molecule has 2 heterocycles. The van der Waals surface area contributed by atoms with Gasteiger partial charge in [-0.3, -0.25) is 62.3 Å². The SMILES string of the molecule is C/C=C1\NC(=O)[C@H](Cc2ccccc2)NC(=O)[C@@H](C(C)C)NC(=O)[C@@H]([C@H](C)CC)NC(=O)[C@H](NC(=O)[C@H](NC(=O)[C@H](CCCN)NC(=O)[C@H]2CCCN2C(=O)[C@H](NC(=O)[C@@H](NC(=O)[C@@H](NC(=O)[C@H](NC(=O)CC[C@@H](C)CC)C(C)C)[C@@H](C)O)C(C)C)C(C)C)[C@H](C)CC)[C@H](C)OC(=O)[C@H](C(C)C)NC1=O. The number of esters is 1. The van der Waals surface area contributed by atoms with Crippen LogP contribution in [0.3, 0.4) is 0 Å². The van der Waals surface area contributed by atoms with Crippen molar-refractivity contribution in [3.8, 4) is 0 Å². The topological polar surface area (TPSA) is 442 Å². The number of allylic oxidation sites excluding steroid dienone is 1. The molecule has 0 saturated carbocycles. The van der Waals surface area contributed by atoms with E-state index >= 15 is 9.59 Å². The number of amides is 13. The zero-order valence-electron chi connectivity index (χ0n) is 65.2. The van der Waals surface area contributed by atoms with Gasteiger partial charge in [-0.1, -0.05) is 166 Å². The van der Waals surface area contributed by atoms with E-state index in [2.05, 4.69) is 63.8 Å². The molecule has 2 aliphatic heterocycles. The number of carbonyl (C=O) groups is 14. The molecule has 30 nitrogen and oxygen atoms in total. The van der Waals surface area contributed by atoms with Crippen LogP contribution in [0, 0.1) is 47.3 Å². The van der Waals surface area contributed by atoms with Crippen molar-refractivity contribution in [1.29, 1.82) is 0 Å². The number of likely N-dealkylation sites (tertiary alicyclic amines) is 1. The van der Waals surface area contributed by atoms with Crippen LogP contribution in [0.2, 0.25) is 0 Å². The summed E-state index contributed by atoms with van der Waals surface area (Å²) in [5.74, 6) is -15.2. The van der Waals surface area contributed by atoms with Gasteiger partial charge in [-0.2, -0.15) is 0 Å². The van der Waals surface area contributed by atoms with Crippen LogP contribution < -0.4 is 69.5 Å². The predicted molar refractivity (Wildman–Crippen MR) is 395 cm³/mol. The van der Waals surface area contributed by atoms with Gasteiger partial charge >= 0.3 is 5.97 Å². The number of ether oxygens (including phenoxy) is 1. The molecule has 0 aromatic heterocycles. The number of benzene rings is 1. The van der Waals surface area contributed by atoms with Gasteiger partial charge in [0.25, 0.3) is 5.91 Å². The molecule has 590 valence electrons. The Labute approximate surface area is 620 Å². The summed E-state index contributed by atoms with van der Waals surface area (Å²) in [4.78, 5) is 202. The van der Waals surface area contributed by atoms with E-state index in [0.717, 1.165) is 6.42 Å². The van der Waals surface area contributed by atoms with E-state index in [-0.39, 0.29) is 69.1 Å². The highest BCUT2D eigenvalue weighted by molar-refractivity contribution is 6.03. The Kier molecular flexibility index (Phi) is 37.8. The molecule has 15 N–H and O–H groups in total. The van der Waals surface area contributed by atoms with E-state index in [1.54, 1.807) is 127 Å². The van der Waals surface area contributed by atoms with Crippen LogP contribution in [-0.4, -0.2) is 191 Å². The van der Waals surface area contributed by atoms with E-state index in [9.17, 15) is 62.6 Å². The van der Waals surface area contributed by atoms with Crippen molar-refractivity contribution in [1.82, 2.24) is 68.7 Å². The molecule has 0 bridgehead atoms. The van der Waals surface area contributed by atoms with Crippen LogP contribution in [0.4, 0.5) is 0 Å². The van der Waals surface area contributed by atoms with Crippen molar-refractivity contribution in [3.63, 3.8) is 0 Å². The van der Waals surface area contributed by atoms with Gasteiger partial charge in [0.1, 0.15) is 84.3 Å². The number of cyclic esters (lactones) is 1. The van der Waals surface area contributed by atoms with E-state index in [1.807, 2.05) is 13.8 Å². The molecule has 0 aliphatic carbocycles. The Morgan fingerprint density at radius 3 is 1.69 bits per heavy atom. The van der Waals surface area contributed by atoms with Crippen molar-refractivity contribution >= 4 is 82.8 Å². The minimum Gasteiger partial charge on any atom is -0.458 e. The summed E-state index contributed by atoms with van der Waals surface area (Å²) in [6.07, 6.45) is 1.08. The predicted octanol–water partition coefficient (Wildman–Crippen LogP) is 1.84. The second-order valence-electron chi connectivity index (χ2n) is 30.0. The van der Waals surface area contributed by atoms with E-state index in [0.29, 0.717) is 24.8 Å². The summed E-state index contributed by atoms with van der Waals surface area (Å²) >= 11 is 0. The zero-order chi connectivity index (χ0) is 79.4. The van der Waals surface area contributed by atoms with Crippen LogP contribution in [0.5, 0.6) is 0 Å². The second-order valence-corrected chi connectivity index (χ2v) is 30.0. The number of carbonyl (C=O) groups excluding carboxylic acids is 14. The minimum atomic E-state index is -1.83. The highest BCUT2D eigenvalue weighted by Crippen LogP contribution is 2.23. The second kappa shape index (κ2) is 43.8. The lowest BCUT2D eigenvalue weighted by molar-refractivity contribution is -0.157. The number of hydrogen-bond donors (Lipinski definition) is 14. The number of aliphatic hydroxyl groups is 1. The van der Waals surface area contributed by atoms with Crippen LogP contribution >= 0.6 is 0 Å². The van der Waals surface area contributed by atoms with Crippen LogP contribution in [0.15, 0.2) is 42.1 Å². The summed E-state index contributed by atoms with van der Waals surface area (Å²) in [5, 5.41) is 43.2. The largest absolute Gasteiger partial charge is 0.458 e. The van der Waals surface area contributed by atoms with Crippen molar-refractivity contribution in [2.24, 2.45) is 53.1 Å². The highest BCUT2D eigenvalue weighted by atomic mass is 16.5. The van der Waals surface area contributed by atoms with Crippen LogP contribution in [0.25, 0.3) is 0 Å². The third-order valence-corrected chi connectivity index (χ3v) is 19.6. The molecule has 2 aliphatic rings. The number of rotatable bonds is 33. The van der Waals surface area contributed by atoms with Gasteiger partial charge < -0.3 is 84.3 Å². The standard InChI is InChI=1S/C75H124N14O16/c1-20-43(15)33-34-53(91)80-54(38(5)6)68(97)87-61(46(18)90)72(101)82-56(40(9)10)69(98)83-57(41(11)12)74(103)89-36-28-32-52(89)66(95)78-50(31-27-35-76)64(93)85-59(44(16)21-2)71(100)88-62-47(19)105-75(104)58(42(13)14)84-63(92)49(23-4)77-65(94)51(37-48-29-25-24-26-30-48)79-67(96)55(39(7)8)81-70(99)60(45(17)22-3)86-73(62)102/h23-26,29-30,38-47,50-52,54-62,90H,20-22,27-28,31-37,76H2,1-19H3,(H,77,94)(H,78,95)(H,79,96)(H,80,91)(H,81,99)(H,82,101)(H,83,98)(H,84,92)(H,85,93)(H,86,102)(H,87,97)(H,88,100)/b49-23-/t43-,44+,45+,46+,47-,50-,51-,52+,54+,55+,56-,57+,58-,59+,60+,61-,62+/m0/s1. The normalized spacial score (nSPS) is 22.8. The van der Waals surface area contributed by atoms with Gasteiger partial charge in [-0.15, -0.1) is 0 Å². The summed E-state index contributed by atoms with van der Waals surface area (Å²) in [6.45, 7) is 31.7. The molecular weight excluding hydrogens is 1350 g/mol. The molecule has 105 heavy (non-hydrogen) atoms. The maximum Gasteiger partial charge on any atom is 0.329 e. The first-order valence-corrected chi connectivity index (χ1v) is 37.5. The van der Waals surface area contributed by atoms with Crippen molar-refractivity contribution < 1.29 is 77.0 Å². The molecule has 1 aromatic carbocycles. The van der Waals surface area contributed by atoms with Gasteiger partial charge in [0, 0.05) is 19.4 Å².